The van der Waals surface area contributed by atoms with Crippen molar-refractivity contribution in [3.05, 3.63) is 200 Å². The van der Waals surface area contributed by atoms with E-state index in [1.54, 1.807) is 12.4 Å². The van der Waals surface area contributed by atoms with E-state index in [-0.39, 0.29) is 22.3 Å². The van der Waals surface area contributed by atoms with Gasteiger partial charge in [0.15, 0.2) is 0 Å². The van der Waals surface area contributed by atoms with Gasteiger partial charge < -0.3 is 10.2 Å². The Hall–Kier alpha value is -7.32. The summed E-state index contributed by atoms with van der Waals surface area (Å²) in [4.78, 5) is 10.3. The summed E-state index contributed by atoms with van der Waals surface area (Å²) in [5, 5.41) is 24.0. The normalized spacial score (nSPS) is 12.3. The van der Waals surface area contributed by atoms with Gasteiger partial charge in [0, 0.05) is 45.8 Å². The van der Waals surface area contributed by atoms with Gasteiger partial charge in [0.1, 0.15) is 60.8 Å². The molecule has 0 amide bonds. The van der Waals surface area contributed by atoms with Crippen LogP contribution >= 0.6 is 0 Å². The van der Waals surface area contributed by atoms with Gasteiger partial charge in [-0.25, -0.2) is 18.3 Å². The maximum absolute atomic E-state index is 12.0. The van der Waals surface area contributed by atoms with Crippen molar-refractivity contribution in [2.45, 2.75) is 121 Å². The first kappa shape index (κ1) is 49.1. The number of nitrogens with zero attached hydrogens (tertiary/aromatic N) is 6. The minimum Gasteiger partial charge on any atom is -0.507 e. The van der Waals surface area contributed by atoms with Crippen LogP contribution in [0.15, 0.2) is 132 Å². The molecule has 2 N–H and O–H groups in total. The summed E-state index contributed by atoms with van der Waals surface area (Å²) in [6, 6.07) is 29.5. The molecule has 0 saturated carbocycles. The molecule has 0 radical (unpaired) electrons. The van der Waals surface area contributed by atoms with Crippen LogP contribution in [0.1, 0.15) is 119 Å². The number of hydrogen-bond donors (Lipinski definition) is 2. The van der Waals surface area contributed by atoms with E-state index in [0.717, 1.165) is 55.9 Å². The van der Waals surface area contributed by atoms with Crippen LogP contribution in [-0.2, 0) is 23.9 Å². The first-order valence-electron chi connectivity index (χ1n) is 24.4. The second kappa shape index (κ2) is 19.2. The van der Waals surface area contributed by atoms with Crippen LogP contribution in [0.5, 0.6) is 11.5 Å². The lowest BCUT2D eigenvalue weighted by Crippen LogP contribution is -2.32. The van der Waals surface area contributed by atoms with E-state index in [2.05, 4.69) is 213 Å². The van der Waals surface area contributed by atoms with Gasteiger partial charge in [0.05, 0.1) is 11.4 Å². The molecule has 0 spiro atoms. The topological polar surface area (TPSA) is 82.8 Å². The predicted molar refractivity (Wildman–Crippen MR) is 288 cm³/mol. The van der Waals surface area contributed by atoms with Crippen LogP contribution in [0.4, 0.5) is 11.4 Å². The molecule has 8 nitrogen and oxygen atoms in total. The SMILES string of the molecule is Cc1cc(C)c(-n2cc[n+](Cc3cc(C(C)(C)C)cc(C=Nc4cccc(C)c4-c4c(C)cccc4N=Cc4cc(C(C)(C)C)cc(C[n+]5ccn(-c6c(C)cc(C)cc6C)c5)c4O)c3O)c2)c(C)c1. The molecule has 0 aliphatic rings. The fraction of sp³-hybridized carbons (Fsp3) is 0.290. The lowest BCUT2D eigenvalue weighted by atomic mass is 9.84. The Morgan fingerprint density at radius 3 is 1.19 bits per heavy atom. The summed E-state index contributed by atoms with van der Waals surface area (Å²) in [7, 11) is 0. The molecule has 8 aromatic rings. The lowest BCUT2D eigenvalue weighted by Gasteiger charge is -2.21. The minimum atomic E-state index is -0.174. The molecule has 0 saturated heterocycles. The highest BCUT2D eigenvalue weighted by atomic mass is 16.3. The van der Waals surface area contributed by atoms with Crippen LogP contribution in [0.25, 0.3) is 22.5 Å². The lowest BCUT2D eigenvalue weighted by molar-refractivity contribution is -0.687. The first-order chi connectivity index (χ1) is 33.0. The summed E-state index contributed by atoms with van der Waals surface area (Å²) < 4.78 is 8.56. The number of aromatic hydroxyl groups is 2. The summed E-state index contributed by atoms with van der Waals surface area (Å²) in [5.74, 6) is 0.415. The first-order valence-corrected chi connectivity index (χ1v) is 24.4. The van der Waals surface area contributed by atoms with Crippen molar-refractivity contribution in [2.75, 3.05) is 0 Å². The quantitative estimate of drug-likeness (QED) is 0.100. The molecule has 2 heterocycles. The van der Waals surface area contributed by atoms with E-state index in [1.807, 2.05) is 24.3 Å². The van der Waals surface area contributed by atoms with Crippen molar-refractivity contribution in [3.63, 3.8) is 0 Å². The fourth-order valence-corrected chi connectivity index (χ4v) is 9.98. The van der Waals surface area contributed by atoms with Crippen molar-refractivity contribution >= 4 is 23.8 Å². The summed E-state index contributed by atoms with van der Waals surface area (Å²) >= 11 is 0. The molecule has 0 bridgehead atoms. The van der Waals surface area contributed by atoms with Crippen LogP contribution < -0.4 is 9.13 Å². The van der Waals surface area contributed by atoms with Gasteiger partial charge in [-0.2, -0.15) is 0 Å². The smallest absolute Gasteiger partial charge is 0.249 e. The highest BCUT2D eigenvalue weighted by molar-refractivity contribution is 5.95. The van der Waals surface area contributed by atoms with Crippen molar-refractivity contribution in [2.24, 2.45) is 9.98 Å². The van der Waals surface area contributed by atoms with E-state index in [9.17, 15) is 10.2 Å². The van der Waals surface area contributed by atoms with Crippen molar-refractivity contribution in [3.8, 4) is 34.0 Å². The van der Waals surface area contributed by atoms with E-state index in [1.165, 1.54) is 44.8 Å². The van der Waals surface area contributed by atoms with Crippen molar-refractivity contribution in [1.29, 1.82) is 0 Å². The second-order valence-electron chi connectivity index (χ2n) is 21.6. The van der Waals surface area contributed by atoms with Gasteiger partial charge in [-0.05, 0) is 147 Å². The van der Waals surface area contributed by atoms with Gasteiger partial charge >= 0.3 is 0 Å². The third-order valence-electron chi connectivity index (χ3n) is 13.5. The molecule has 0 atom stereocenters. The number of hydrogen-bond acceptors (Lipinski definition) is 4. The predicted octanol–water partition coefficient (Wildman–Crippen LogP) is 13.6. The number of benzene rings is 6. The summed E-state index contributed by atoms with van der Waals surface area (Å²) in [5.41, 5.74) is 20.1. The van der Waals surface area contributed by atoms with Crippen molar-refractivity contribution in [1.82, 2.24) is 9.13 Å². The monoisotopic (exact) mass is 931 g/mol. The molecule has 2 aromatic heterocycles. The average molecular weight is 931 g/mol. The Morgan fingerprint density at radius 1 is 0.486 bits per heavy atom. The standard InChI is InChI=1S/C62H68N6O2/c1-39-25-43(5)57(44(6)26-39)67-23-21-65(37-67)35-49-31-51(61(9,10)11)29-47(59(49)69)33-63-53-19-15-17-41(3)55(53)56-42(4)18-16-20-54(56)64-34-48-30-52(62(12,13)14)32-50(60(48)70)36-66-22-24-68(38-66)58-45(7)27-40(2)28-46(58)8/h15-34,37-38H,35-36H2,1-14H3/p+2. The zero-order chi connectivity index (χ0) is 50.4. The number of aliphatic imine (C=N–C) groups is 2. The zero-order valence-electron chi connectivity index (χ0n) is 43.7. The number of aryl methyl sites for hydroxylation is 8. The molecule has 0 aliphatic carbocycles. The molecule has 6 aromatic carbocycles. The number of phenols is 2. The van der Waals surface area contributed by atoms with E-state index in [4.69, 9.17) is 9.98 Å². The molecule has 8 rings (SSSR count). The Labute approximate surface area is 415 Å². The molecule has 8 heteroatoms. The molecule has 358 valence electrons. The molecule has 0 aliphatic heterocycles. The fourth-order valence-electron chi connectivity index (χ4n) is 9.98. The second-order valence-corrected chi connectivity index (χ2v) is 21.6. The molecule has 0 fully saturated rings. The van der Waals surface area contributed by atoms with Crippen molar-refractivity contribution < 1.29 is 19.3 Å². The molecular formula is C62H70N6O2+2. The highest BCUT2D eigenvalue weighted by Gasteiger charge is 2.24. The highest BCUT2D eigenvalue weighted by Crippen LogP contribution is 2.42. The summed E-state index contributed by atoms with van der Waals surface area (Å²) in [6.07, 6.45) is 16.1. The van der Waals surface area contributed by atoms with Gasteiger partial charge in [-0.3, -0.25) is 9.98 Å². The van der Waals surface area contributed by atoms with Gasteiger partial charge in [0.25, 0.3) is 0 Å². The molecule has 0 unspecified atom stereocenters. The zero-order valence-corrected chi connectivity index (χ0v) is 43.7. The van der Waals surface area contributed by atoms with Crippen LogP contribution in [0.2, 0.25) is 0 Å². The van der Waals surface area contributed by atoms with E-state index < -0.39 is 0 Å². The number of rotatable bonds is 11. The van der Waals surface area contributed by atoms with E-state index in [0.29, 0.717) is 24.2 Å². The largest absolute Gasteiger partial charge is 0.507 e. The number of aromatic nitrogens is 4. The maximum Gasteiger partial charge on any atom is 0.249 e. The average Bonchev–Trinajstić information content (AvgIpc) is 3.92. The third-order valence-corrected chi connectivity index (χ3v) is 13.5. The van der Waals surface area contributed by atoms with Crippen LogP contribution in [0, 0.1) is 55.4 Å². The molecular weight excluding hydrogens is 861 g/mol. The van der Waals surface area contributed by atoms with Gasteiger partial charge in [0.2, 0.25) is 12.7 Å². The minimum absolute atomic E-state index is 0.174. The Kier molecular flexibility index (Phi) is 13.5. The van der Waals surface area contributed by atoms with E-state index >= 15 is 0 Å². The molecule has 70 heavy (non-hydrogen) atoms. The Bertz CT molecular complexity index is 3080. The summed E-state index contributed by atoms with van der Waals surface area (Å²) in [6.45, 7) is 31.2. The van der Waals surface area contributed by atoms with Crippen LogP contribution in [-0.4, -0.2) is 31.8 Å². The Morgan fingerprint density at radius 2 is 0.843 bits per heavy atom. The maximum atomic E-state index is 12.0. The van der Waals surface area contributed by atoms with Gasteiger partial charge in [-0.15, -0.1) is 0 Å². The number of imidazole rings is 2. The van der Waals surface area contributed by atoms with Crippen LogP contribution in [0.3, 0.4) is 0 Å². The Balaban J connectivity index is 1.14. The van der Waals surface area contributed by atoms with Gasteiger partial charge in [-0.1, -0.05) is 101 Å². The third kappa shape index (κ3) is 10.3. The number of phenolic OH excluding ortho intramolecular Hbond substituents is 2.